The van der Waals surface area contributed by atoms with E-state index >= 15 is 0 Å². The van der Waals surface area contributed by atoms with Gasteiger partial charge in [0.2, 0.25) is 0 Å². The summed E-state index contributed by atoms with van der Waals surface area (Å²) >= 11 is 11.8. The van der Waals surface area contributed by atoms with Gasteiger partial charge >= 0.3 is 0 Å². The Morgan fingerprint density at radius 3 is 2.74 bits per heavy atom. The molecule has 5 nitrogen and oxygen atoms in total. The molecule has 0 fully saturated rings. The van der Waals surface area contributed by atoms with Crippen LogP contribution in [0.5, 0.6) is 0 Å². The van der Waals surface area contributed by atoms with Gasteiger partial charge in [-0.1, -0.05) is 23.2 Å². The van der Waals surface area contributed by atoms with Gasteiger partial charge in [0.25, 0.3) is 5.91 Å². The maximum atomic E-state index is 12.2. The average molecular weight is 354 g/mol. The molecule has 1 aromatic heterocycles. The molecule has 23 heavy (non-hydrogen) atoms. The van der Waals surface area contributed by atoms with Gasteiger partial charge in [-0.3, -0.25) is 9.78 Å². The van der Waals surface area contributed by atoms with E-state index in [1.807, 2.05) is 6.07 Å². The maximum absolute atomic E-state index is 12.2. The van der Waals surface area contributed by atoms with Crippen molar-refractivity contribution in [2.24, 2.45) is 0 Å². The molecule has 1 amide bonds. The van der Waals surface area contributed by atoms with E-state index in [1.54, 1.807) is 37.6 Å². The van der Waals surface area contributed by atoms with Crippen LogP contribution in [0.25, 0.3) is 0 Å². The Bertz CT molecular complexity index is 680. The van der Waals surface area contributed by atoms with E-state index in [9.17, 15) is 4.79 Å². The first-order chi connectivity index (χ1) is 11.1. The van der Waals surface area contributed by atoms with Gasteiger partial charge in [-0.05, 0) is 36.8 Å². The molecule has 0 aliphatic heterocycles. The SMILES string of the molecule is COCCCNc1ccnc(C(=O)Nc2ccc(Cl)c(Cl)c2)c1. The minimum atomic E-state index is -0.316. The van der Waals surface area contributed by atoms with Gasteiger partial charge in [0.15, 0.2) is 0 Å². The predicted octanol–water partition coefficient (Wildman–Crippen LogP) is 4.09. The third-order valence-electron chi connectivity index (χ3n) is 3.02. The van der Waals surface area contributed by atoms with Crippen molar-refractivity contribution < 1.29 is 9.53 Å². The summed E-state index contributed by atoms with van der Waals surface area (Å²) in [5, 5.41) is 6.77. The Kier molecular flexibility index (Phi) is 6.65. The number of ether oxygens (including phenoxy) is 1. The zero-order valence-corrected chi connectivity index (χ0v) is 14.1. The number of pyridine rings is 1. The molecule has 0 radical (unpaired) electrons. The highest BCUT2D eigenvalue weighted by Gasteiger charge is 2.09. The monoisotopic (exact) mass is 353 g/mol. The Balaban J connectivity index is 2.00. The number of rotatable bonds is 7. The lowest BCUT2D eigenvalue weighted by Crippen LogP contribution is -2.14. The van der Waals surface area contributed by atoms with E-state index in [0.29, 0.717) is 28.0 Å². The molecule has 0 bridgehead atoms. The second-order valence-corrected chi connectivity index (χ2v) is 5.60. The highest BCUT2D eigenvalue weighted by atomic mass is 35.5. The van der Waals surface area contributed by atoms with Crippen molar-refractivity contribution in [2.45, 2.75) is 6.42 Å². The van der Waals surface area contributed by atoms with Crippen LogP contribution in [-0.4, -0.2) is 31.2 Å². The summed E-state index contributed by atoms with van der Waals surface area (Å²) in [7, 11) is 1.66. The van der Waals surface area contributed by atoms with E-state index in [2.05, 4.69) is 15.6 Å². The molecule has 0 atom stereocenters. The molecule has 0 aliphatic carbocycles. The summed E-state index contributed by atoms with van der Waals surface area (Å²) in [5.41, 5.74) is 1.70. The van der Waals surface area contributed by atoms with Crippen molar-refractivity contribution in [1.29, 1.82) is 0 Å². The fraction of sp³-hybridized carbons (Fsp3) is 0.250. The van der Waals surface area contributed by atoms with Crippen LogP contribution in [0.15, 0.2) is 36.5 Å². The molecular weight excluding hydrogens is 337 g/mol. The van der Waals surface area contributed by atoms with Gasteiger partial charge in [-0.2, -0.15) is 0 Å². The first kappa shape index (κ1) is 17.5. The molecule has 0 aliphatic rings. The Morgan fingerprint density at radius 2 is 2.00 bits per heavy atom. The Labute approximate surface area is 145 Å². The van der Waals surface area contributed by atoms with E-state index in [0.717, 1.165) is 18.7 Å². The van der Waals surface area contributed by atoms with E-state index in [4.69, 9.17) is 27.9 Å². The van der Waals surface area contributed by atoms with Crippen LogP contribution in [0.2, 0.25) is 10.0 Å². The minimum Gasteiger partial charge on any atom is -0.385 e. The zero-order chi connectivity index (χ0) is 16.7. The summed E-state index contributed by atoms with van der Waals surface area (Å²) in [6.45, 7) is 1.44. The predicted molar refractivity (Wildman–Crippen MR) is 93.6 cm³/mol. The molecular formula is C16H17Cl2N3O2. The van der Waals surface area contributed by atoms with Crippen molar-refractivity contribution in [3.63, 3.8) is 0 Å². The van der Waals surface area contributed by atoms with Crippen molar-refractivity contribution in [1.82, 2.24) is 4.98 Å². The molecule has 0 spiro atoms. The number of halogens is 2. The molecule has 2 rings (SSSR count). The van der Waals surface area contributed by atoms with Crippen molar-refractivity contribution in [3.8, 4) is 0 Å². The van der Waals surface area contributed by atoms with Crippen LogP contribution in [-0.2, 0) is 4.74 Å². The van der Waals surface area contributed by atoms with Crippen LogP contribution < -0.4 is 10.6 Å². The first-order valence-electron chi connectivity index (χ1n) is 7.05. The quantitative estimate of drug-likeness (QED) is 0.735. The van der Waals surface area contributed by atoms with Gasteiger partial charge < -0.3 is 15.4 Å². The van der Waals surface area contributed by atoms with Crippen LogP contribution >= 0.6 is 23.2 Å². The van der Waals surface area contributed by atoms with Gasteiger partial charge in [0.1, 0.15) is 5.69 Å². The minimum absolute atomic E-state index is 0.313. The number of hydrogen-bond donors (Lipinski definition) is 2. The summed E-state index contributed by atoms with van der Waals surface area (Å²) in [6, 6.07) is 8.40. The average Bonchev–Trinajstić information content (AvgIpc) is 2.55. The number of carbonyl (C=O) groups excluding carboxylic acids is 1. The summed E-state index contributed by atoms with van der Waals surface area (Å²) in [5.74, 6) is -0.316. The molecule has 122 valence electrons. The fourth-order valence-corrected chi connectivity index (χ4v) is 2.18. The number of hydrogen-bond acceptors (Lipinski definition) is 4. The number of aromatic nitrogens is 1. The van der Waals surface area contributed by atoms with Crippen molar-refractivity contribution in [3.05, 3.63) is 52.3 Å². The van der Waals surface area contributed by atoms with Crippen LogP contribution in [0.3, 0.4) is 0 Å². The summed E-state index contributed by atoms with van der Waals surface area (Å²) in [6.07, 6.45) is 2.46. The highest BCUT2D eigenvalue weighted by Crippen LogP contribution is 2.25. The zero-order valence-electron chi connectivity index (χ0n) is 12.6. The van der Waals surface area contributed by atoms with Crippen molar-refractivity contribution in [2.75, 3.05) is 30.9 Å². The molecule has 0 saturated carbocycles. The van der Waals surface area contributed by atoms with E-state index in [1.165, 1.54) is 0 Å². The van der Waals surface area contributed by atoms with E-state index < -0.39 is 0 Å². The Hall–Kier alpha value is -1.82. The summed E-state index contributed by atoms with van der Waals surface area (Å²) in [4.78, 5) is 16.3. The maximum Gasteiger partial charge on any atom is 0.274 e. The third kappa shape index (κ3) is 5.39. The smallest absolute Gasteiger partial charge is 0.274 e. The fourth-order valence-electron chi connectivity index (χ4n) is 1.88. The standard InChI is InChI=1S/C16H17Cl2N3O2/c1-23-8-2-6-19-11-5-7-20-15(10-11)16(22)21-12-3-4-13(17)14(18)9-12/h3-5,7,9-10H,2,6,8H2,1H3,(H,19,20)(H,21,22). The lowest BCUT2D eigenvalue weighted by molar-refractivity contribution is 0.102. The lowest BCUT2D eigenvalue weighted by Gasteiger charge is -2.09. The van der Waals surface area contributed by atoms with Crippen molar-refractivity contribution >= 4 is 40.5 Å². The number of carbonyl (C=O) groups is 1. The lowest BCUT2D eigenvalue weighted by atomic mass is 10.2. The molecule has 2 N–H and O–H groups in total. The third-order valence-corrected chi connectivity index (χ3v) is 3.76. The van der Waals surface area contributed by atoms with Crippen LogP contribution in [0.1, 0.15) is 16.9 Å². The number of nitrogens with one attached hydrogen (secondary N) is 2. The number of amides is 1. The number of nitrogens with zero attached hydrogens (tertiary/aromatic N) is 1. The van der Waals surface area contributed by atoms with Gasteiger partial charge in [0, 0.05) is 37.8 Å². The Morgan fingerprint density at radius 1 is 1.17 bits per heavy atom. The second kappa shape index (κ2) is 8.72. The second-order valence-electron chi connectivity index (χ2n) is 4.79. The number of methoxy groups -OCH3 is 1. The molecule has 2 aromatic rings. The first-order valence-corrected chi connectivity index (χ1v) is 7.81. The topological polar surface area (TPSA) is 63.2 Å². The normalized spacial score (nSPS) is 10.4. The molecule has 0 unspecified atom stereocenters. The molecule has 1 aromatic carbocycles. The largest absolute Gasteiger partial charge is 0.385 e. The van der Waals surface area contributed by atoms with Gasteiger partial charge in [-0.15, -0.1) is 0 Å². The molecule has 0 saturated heterocycles. The van der Waals surface area contributed by atoms with Crippen LogP contribution in [0, 0.1) is 0 Å². The van der Waals surface area contributed by atoms with Gasteiger partial charge in [-0.25, -0.2) is 0 Å². The van der Waals surface area contributed by atoms with Gasteiger partial charge in [0.05, 0.1) is 10.0 Å². The molecule has 1 heterocycles. The van der Waals surface area contributed by atoms with E-state index in [-0.39, 0.29) is 5.91 Å². The summed E-state index contributed by atoms with van der Waals surface area (Å²) < 4.78 is 4.99. The van der Waals surface area contributed by atoms with Crippen LogP contribution in [0.4, 0.5) is 11.4 Å². The molecule has 7 heteroatoms. The highest BCUT2D eigenvalue weighted by molar-refractivity contribution is 6.42. The number of anilines is 2. The number of benzene rings is 1.